The fourth-order valence-electron chi connectivity index (χ4n) is 3.15. The molecule has 0 spiro atoms. The summed E-state index contributed by atoms with van der Waals surface area (Å²) in [5, 5.41) is 0. The lowest BCUT2D eigenvalue weighted by Gasteiger charge is -2.25. The topological polar surface area (TPSA) is 72.9 Å². The number of hydrogen-bond donors (Lipinski definition) is 0. The van der Waals surface area contributed by atoms with Crippen LogP contribution in [0.25, 0.3) is 0 Å². The van der Waals surface area contributed by atoms with Crippen molar-refractivity contribution in [3.05, 3.63) is 59.7 Å². The first-order valence-corrected chi connectivity index (χ1v) is 10.8. The van der Waals surface area contributed by atoms with Gasteiger partial charge in [-0.05, 0) is 54.8 Å². The number of hydrogen-bond acceptors (Lipinski definition) is 5. The van der Waals surface area contributed by atoms with Gasteiger partial charge < -0.3 is 9.47 Å². The van der Waals surface area contributed by atoms with Gasteiger partial charge in [-0.3, -0.25) is 0 Å². The number of ether oxygens (including phenoxy) is 2. The van der Waals surface area contributed by atoms with Gasteiger partial charge in [0, 0.05) is 19.5 Å². The highest BCUT2D eigenvalue weighted by atomic mass is 32.2. The lowest BCUT2D eigenvalue weighted by atomic mass is 10.1. The van der Waals surface area contributed by atoms with Crippen LogP contribution in [0.2, 0.25) is 0 Å². The Morgan fingerprint density at radius 3 is 2.21 bits per heavy atom. The largest absolute Gasteiger partial charge is 0.497 e. The maximum Gasteiger partial charge on any atom is 0.338 e. The Bertz CT molecular complexity index is 885. The van der Waals surface area contributed by atoms with Gasteiger partial charge in [0.1, 0.15) is 5.75 Å². The molecule has 0 N–H and O–H groups in total. The van der Waals surface area contributed by atoms with Crippen molar-refractivity contribution in [1.82, 2.24) is 4.31 Å². The number of nitrogens with zero attached hydrogens (tertiary/aromatic N) is 1. The lowest BCUT2D eigenvalue weighted by Crippen LogP contribution is -2.35. The van der Waals surface area contributed by atoms with Crippen molar-refractivity contribution in [2.75, 3.05) is 26.8 Å². The number of carbonyl (C=O) groups is 1. The van der Waals surface area contributed by atoms with Crippen LogP contribution in [0.3, 0.4) is 0 Å². The molecule has 150 valence electrons. The molecular formula is C21H25NO5S. The van der Waals surface area contributed by atoms with Crippen LogP contribution in [0.1, 0.15) is 35.2 Å². The van der Waals surface area contributed by atoms with E-state index in [-0.39, 0.29) is 11.5 Å². The van der Waals surface area contributed by atoms with Crippen LogP contribution in [0.5, 0.6) is 5.75 Å². The summed E-state index contributed by atoms with van der Waals surface area (Å²) in [5.41, 5.74) is 1.38. The summed E-state index contributed by atoms with van der Waals surface area (Å²) in [4.78, 5) is 12.4. The Kier molecular flexibility index (Phi) is 6.70. The van der Waals surface area contributed by atoms with E-state index in [1.165, 1.54) is 28.6 Å². The highest BCUT2D eigenvalue weighted by molar-refractivity contribution is 7.89. The van der Waals surface area contributed by atoms with E-state index in [9.17, 15) is 13.2 Å². The number of piperidine rings is 1. The van der Waals surface area contributed by atoms with Gasteiger partial charge in [-0.1, -0.05) is 18.6 Å². The first-order valence-electron chi connectivity index (χ1n) is 9.41. The third-order valence-corrected chi connectivity index (χ3v) is 6.74. The summed E-state index contributed by atoms with van der Waals surface area (Å²) in [6.45, 7) is 1.36. The molecule has 1 aliphatic rings. The van der Waals surface area contributed by atoms with Gasteiger partial charge in [0.2, 0.25) is 10.0 Å². The quantitative estimate of drug-likeness (QED) is 0.664. The van der Waals surface area contributed by atoms with Crippen LogP contribution in [-0.4, -0.2) is 45.5 Å². The Balaban J connectivity index is 1.55. The Morgan fingerprint density at radius 1 is 0.964 bits per heavy atom. The number of carbonyl (C=O) groups excluding carboxylic acids is 1. The van der Waals surface area contributed by atoms with Crippen LogP contribution in [0, 0.1) is 0 Å². The minimum absolute atomic E-state index is 0.212. The lowest BCUT2D eigenvalue weighted by molar-refractivity contribution is 0.0509. The number of rotatable bonds is 7. The third kappa shape index (κ3) is 4.91. The monoisotopic (exact) mass is 403 g/mol. The van der Waals surface area contributed by atoms with E-state index in [4.69, 9.17) is 9.47 Å². The average molecular weight is 404 g/mol. The Hall–Kier alpha value is -2.38. The van der Waals surface area contributed by atoms with E-state index >= 15 is 0 Å². The smallest absolute Gasteiger partial charge is 0.338 e. The molecule has 0 unspecified atom stereocenters. The minimum Gasteiger partial charge on any atom is -0.497 e. The highest BCUT2D eigenvalue weighted by Gasteiger charge is 2.26. The Morgan fingerprint density at radius 2 is 1.61 bits per heavy atom. The van der Waals surface area contributed by atoms with E-state index in [0.717, 1.165) is 30.6 Å². The fraction of sp³-hybridized carbons (Fsp3) is 0.381. The van der Waals surface area contributed by atoms with Crippen molar-refractivity contribution < 1.29 is 22.7 Å². The molecule has 1 aliphatic heterocycles. The molecule has 0 saturated carbocycles. The Labute approximate surface area is 166 Å². The van der Waals surface area contributed by atoms with Gasteiger partial charge >= 0.3 is 5.97 Å². The molecule has 0 amide bonds. The van der Waals surface area contributed by atoms with Gasteiger partial charge in [0.05, 0.1) is 24.2 Å². The SMILES string of the molecule is COc1ccc(CCOC(=O)c2ccc(S(=O)(=O)N3CCCCC3)cc2)cc1. The molecule has 0 bridgehead atoms. The van der Waals surface area contributed by atoms with E-state index in [0.29, 0.717) is 25.1 Å². The van der Waals surface area contributed by atoms with Gasteiger partial charge in [-0.2, -0.15) is 4.31 Å². The van der Waals surface area contributed by atoms with Gasteiger partial charge in [0.15, 0.2) is 0 Å². The molecule has 1 heterocycles. The molecule has 28 heavy (non-hydrogen) atoms. The van der Waals surface area contributed by atoms with Crippen molar-refractivity contribution in [3.63, 3.8) is 0 Å². The second kappa shape index (κ2) is 9.21. The fourth-order valence-corrected chi connectivity index (χ4v) is 4.67. The average Bonchev–Trinajstić information content (AvgIpc) is 2.75. The number of methoxy groups -OCH3 is 1. The molecule has 6 nitrogen and oxygen atoms in total. The summed E-state index contributed by atoms with van der Waals surface area (Å²) < 4.78 is 37.2. The van der Waals surface area contributed by atoms with Crippen LogP contribution < -0.4 is 4.74 Å². The summed E-state index contributed by atoms with van der Waals surface area (Å²) in [6.07, 6.45) is 3.43. The molecule has 0 aromatic heterocycles. The second-order valence-electron chi connectivity index (χ2n) is 6.72. The molecule has 0 atom stereocenters. The van der Waals surface area contributed by atoms with E-state index in [1.54, 1.807) is 7.11 Å². The number of sulfonamides is 1. The summed E-state index contributed by atoms with van der Waals surface area (Å²) in [6, 6.07) is 13.5. The zero-order valence-corrected chi connectivity index (χ0v) is 16.8. The molecule has 2 aromatic rings. The van der Waals surface area contributed by atoms with Crippen LogP contribution >= 0.6 is 0 Å². The highest BCUT2D eigenvalue weighted by Crippen LogP contribution is 2.21. The molecule has 0 radical (unpaired) electrons. The van der Waals surface area contributed by atoms with Crippen LogP contribution in [0.4, 0.5) is 0 Å². The van der Waals surface area contributed by atoms with Gasteiger partial charge in [-0.25, -0.2) is 13.2 Å². The third-order valence-electron chi connectivity index (χ3n) is 4.83. The van der Waals surface area contributed by atoms with E-state index < -0.39 is 16.0 Å². The first-order chi connectivity index (χ1) is 13.5. The van der Waals surface area contributed by atoms with E-state index in [1.807, 2.05) is 24.3 Å². The predicted octanol–water partition coefficient (Wildman–Crippen LogP) is 3.27. The van der Waals surface area contributed by atoms with Crippen molar-refractivity contribution in [2.45, 2.75) is 30.6 Å². The summed E-state index contributed by atoms with van der Waals surface area (Å²) in [5.74, 6) is 0.316. The standard InChI is InChI=1S/C21H25NO5S/c1-26-19-9-5-17(6-10-19)13-16-27-21(23)18-7-11-20(12-8-18)28(24,25)22-14-3-2-4-15-22/h5-12H,2-4,13-16H2,1H3. The van der Waals surface area contributed by atoms with Gasteiger partial charge in [0.25, 0.3) is 0 Å². The van der Waals surface area contributed by atoms with Crippen molar-refractivity contribution in [3.8, 4) is 5.75 Å². The van der Waals surface area contributed by atoms with Gasteiger partial charge in [-0.15, -0.1) is 0 Å². The normalized spacial score (nSPS) is 15.2. The number of benzene rings is 2. The zero-order valence-electron chi connectivity index (χ0n) is 16.0. The molecular weight excluding hydrogens is 378 g/mol. The molecule has 3 rings (SSSR count). The predicted molar refractivity (Wildman–Crippen MR) is 106 cm³/mol. The molecule has 7 heteroatoms. The second-order valence-corrected chi connectivity index (χ2v) is 8.66. The maximum atomic E-state index is 12.6. The molecule has 0 aliphatic carbocycles. The van der Waals surface area contributed by atoms with Crippen molar-refractivity contribution in [2.24, 2.45) is 0 Å². The summed E-state index contributed by atoms with van der Waals surface area (Å²) >= 11 is 0. The van der Waals surface area contributed by atoms with Crippen molar-refractivity contribution >= 4 is 16.0 Å². The first kappa shape index (κ1) is 20.4. The van der Waals surface area contributed by atoms with Crippen molar-refractivity contribution in [1.29, 1.82) is 0 Å². The van der Waals surface area contributed by atoms with Crippen LogP contribution in [-0.2, 0) is 21.2 Å². The minimum atomic E-state index is -3.49. The molecule has 1 fully saturated rings. The van der Waals surface area contributed by atoms with E-state index in [2.05, 4.69) is 0 Å². The summed E-state index contributed by atoms with van der Waals surface area (Å²) in [7, 11) is -1.88. The molecule has 2 aromatic carbocycles. The maximum absolute atomic E-state index is 12.6. The molecule has 1 saturated heterocycles. The van der Waals surface area contributed by atoms with Crippen LogP contribution in [0.15, 0.2) is 53.4 Å². The number of esters is 1. The zero-order chi connectivity index (χ0) is 20.0.